The van der Waals surface area contributed by atoms with E-state index in [4.69, 9.17) is 5.26 Å². The van der Waals surface area contributed by atoms with Gasteiger partial charge in [-0.2, -0.15) is 5.26 Å². The molecule has 0 bridgehead atoms. The Kier molecular flexibility index (Phi) is 6.62. The fourth-order valence-electron chi connectivity index (χ4n) is 2.66. The Labute approximate surface area is 112 Å². The van der Waals surface area contributed by atoms with Crippen LogP contribution in [-0.2, 0) is 0 Å². The Balaban J connectivity index is 2.28. The monoisotopic (exact) mass is 252 g/mol. The highest BCUT2D eigenvalue weighted by atomic mass is 15.2. The highest BCUT2D eigenvalue weighted by molar-refractivity contribution is 4.93. The van der Waals surface area contributed by atoms with E-state index in [9.17, 15) is 0 Å². The molecule has 1 atom stereocenters. The Morgan fingerprint density at radius 3 is 2.39 bits per heavy atom. The number of nitrogens with zero attached hydrogens (tertiary/aromatic N) is 3. The highest BCUT2D eigenvalue weighted by Gasteiger charge is 2.22. The van der Waals surface area contributed by atoms with Crippen molar-refractivity contribution in [2.24, 2.45) is 5.92 Å². The molecule has 4 nitrogen and oxygen atoms in total. The molecule has 0 amide bonds. The van der Waals surface area contributed by atoms with Crippen molar-refractivity contribution >= 4 is 0 Å². The van der Waals surface area contributed by atoms with Crippen LogP contribution >= 0.6 is 0 Å². The molecule has 104 valence electrons. The van der Waals surface area contributed by atoms with Crippen LogP contribution in [0, 0.1) is 17.2 Å². The van der Waals surface area contributed by atoms with Crippen LogP contribution in [0.3, 0.4) is 0 Å². The molecule has 0 aliphatic carbocycles. The molecule has 0 radical (unpaired) electrons. The number of hydrogen-bond acceptors (Lipinski definition) is 4. The Bertz CT molecular complexity index is 261. The van der Waals surface area contributed by atoms with Crippen molar-refractivity contribution in [3.05, 3.63) is 0 Å². The summed E-state index contributed by atoms with van der Waals surface area (Å²) in [6, 6.07) is 2.71. The Morgan fingerprint density at radius 1 is 1.33 bits per heavy atom. The molecule has 0 aromatic heterocycles. The van der Waals surface area contributed by atoms with E-state index in [-0.39, 0.29) is 6.04 Å². The van der Waals surface area contributed by atoms with Gasteiger partial charge in [0, 0.05) is 19.1 Å². The molecule has 1 N–H and O–H groups in total. The third-order valence-electron chi connectivity index (χ3n) is 3.46. The fraction of sp³-hybridized carbons (Fsp3) is 0.929. The molecule has 1 aliphatic rings. The van der Waals surface area contributed by atoms with E-state index in [1.807, 2.05) is 0 Å². The van der Waals surface area contributed by atoms with E-state index in [1.165, 1.54) is 19.4 Å². The van der Waals surface area contributed by atoms with Gasteiger partial charge in [0.05, 0.1) is 6.07 Å². The topological polar surface area (TPSA) is 42.3 Å². The normalized spacial score (nSPS) is 20.3. The first kappa shape index (κ1) is 15.4. The third kappa shape index (κ3) is 5.81. The predicted octanol–water partition coefficient (Wildman–Crippen LogP) is 1.15. The maximum atomic E-state index is 9.13. The van der Waals surface area contributed by atoms with Crippen molar-refractivity contribution in [1.29, 1.82) is 5.26 Å². The lowest BCUT2D eigenvalue weighted by Crippen LogP contribution is -2.46. The van der Waals surface area contributed by atoms with Gasteiger partial charge in [0.1, 0.15) is 6.04 Å². The van der Waals surface area contributed by atoms with Gasteiger partial charge in [-0.25, -0.2) is 0 Å². The molecule has 1 saturated heterocycles. The smallest absolute Gasteiger partial charge is 0.108 e. The van der Waals surface area contributed by atoms with Gasteiger partial charge < -0.3 is 9.80 Å². The summed E-state index contributed by atoms with van der Waals surface area (Å²) in [5, 5.41) is 12.4. The lowest BCUT2D eigenvalue weighted by Gasteiger charge is -2.34. The minimum absolute atomic E-state index is 0.0320. The van der Waals surface area contributed by atoms with Gasteiger partial charge in [-0.3, -0.25) is 5.32 Å². The molecule has 0 saturated carbocycles. The summed E-state index contributed by atoms with van der Waals surface area (Å²) in [4.78, 5) is 4.70. The summed E-state index contributed by atoms with van der Waals surface area (Å²) < 4.78 is 0. The van der Waals surface area contributed by atoms with E-state index in [0.29, 0.717) is 6.04 Å². The minimum atomic E-state index is -0.0320. The van der Waals surface area contributed by atoms with E-state index in [0.717, 1.165) is 25.6 Å². The first-order valence-electron chi connectivity index (χ1n) is 7.04. The molecular formula is C14H28N4. The van der Waals surface area contributed by atoms with Crippen LogP contribution in [0.5, 0.6) is 0 Å². The minimum Gasteiger partial charge on any atom is -0.309 e. The zero-order valence-electron chi connectivity index (χ0n) is 12.3. The lowest BCUT2D eigenvalue weighted by atomic mass is 9.96. The zero-order valence-corrected chi connectivity index (χ0v) is 12.3. The quantitative estimate of drug-likeness (QED) is 0.770. The number of rotatable bonds is 6. The van der Waals surface area contributed by atoms with Gasteiger partial charge in [0.2, 0.25) is 0 Å². The van der Waals surface area contributed by atoms with Crippen molar-refractivity contribution in [3.63, 3.8) is 0 Å². The molecule has 1 heterocycles. The summed E-state index contributed by atoms with van der Waals surface area (Å²) in [5.41, 5.74) is 0. The molecular weight excluding hydrogens is 224 g/mol. The molecule has 0 aromatic rings. The van der Waals surface area contributed by atoms with Gasteiger partial charge >= 0.3 is 0 Å². The molecule has 4 heteroatoms. The lowest BCUT2D eigenvalue weighted by molar-refractivity contribution is 0.155. The van der Waals surface area contributed by atoms with E-state index >= 15 is 0 Å². The van der Waals surface area contributed by atoms with Crippen LogP contribution in [-0.4, -0.2) is 62.2 Å². The largest absolute Gasteiger partial charge is 0.309 e. The second-order valence-electron chi connectivity index (χ2n) is 6.01. The standard InChI is InChI=1S/C14H28N4/c1-12(2)16-14(9-15)11-18-7-5-13(6-8-18)10-17(3)4/h12-14,16H,5-8,10-11H2,1-4H3. The zero-order chi connectivity index (χ0) is 13.5. The summed E-state index contributed by atoms with van der Waals surface area (Å²) >= 11 is 0. The average molecular weight is 252 g/mol. The van der Waals surface area contributed by atoms with Gasteiger partial charge in [-0.1, -0.05) is 0 Å². The fourth-order valence-corrected chi connectivity index (χ4v) is 2.66. The van der Waals surface area contributed by atoms with Crippen molar-refractivity contribution in [1.82, 2.24) is 15.1 Å². The first-order valence-corrected chi connectivity index (χ1v) is 7.04. The SMILES string of the molecule is CC(C)NC(C#N)CN1CCC(CN(C)C)CC1. The van der Waals surface area contributed by atoms with Gasteiger partial charge in [0.25, 0.3) is 0 Å². The molecule has 1 fully saturated rings. The van der Waals surface area contributed by atoms with E-state index in [2.05, 4.69) is 49.1 Å². The van der Waals surface area contributed by atoms with Gasteiger partial charge in [-0.15, -0.1) is 0 Å². The first-order chi connectivity index (χ1) is 8.51. The maximum absolute atomic E-state index is 9.13. The van der Waals surface area contributed by atoms with Crippen LogP contribution in [0.4, 0.5) is 0 Å². The van der Waals surface area contributed by atoms with Crippen LogP contribution < -0.4 is 5.32 Å². The number of nitrogens with one attached hydrogen (secondary N) is 1. The summed E-state index contributed by atoms with van der Waals surface area (Å²) in [6.07, 6.45) is 2.52. The second-order valence-corrected chi connectivity index (χ2v) is 6.01. The Morgan fingerprint density at radius 2 is 1.94 bits per heavy atom. The molecule has 1 aliphatic heterocycles. The number of likely N-dealkylation sites (tertiary alicyclic amines) is 1. The third-order valence-corrected chi connectivity index (χ3v) is 3.46. The number of piperidine rings is 1. The van der Waals surface area contributed by atoms with Crippen molar-refractivity contribution in [2.75, 3.05) is 40.3 Å². The second kappa shape index (κ2) is 7.73. The summed E-state index contributed by atoms with van der Waals surface area (Å²) in [6.45, 7) is 8.51. The number of hydrogen-bond donors (Lipinski definition) is 1. The summed E-state index contributed by atoms with van der Waals surface area (Å²) in [7, 11) is 4.29. The van der Waals surface area contributed by atoms with E-state index < -0.39 is 0 Å². The molecule has 0 aromatic carbocycles. The highest BCUT2D eigenvalue weighted by Crippen LogP contribution is 2.17. The average Bonchev–Trinajstić information content (AvgIpc) is 2.29. The van der Waals surface area contributed by atoms with Crippen LogP contribution in [0.15, 0.2) is 0 Å². The maximum Gasteiger partial charge on any atom is 0.108 e. The van der Waals surface area contributed by atoms with Crippen molar-refractivity contribution in [3.8, 4) is 6.07 Å². The number of nitriles is 1. The van der Waals surface area contributed by atoms with Crippen molar-refractivity contribution in [2.45, 2.75) is 38.8 Å². The van der Waals surface area contributed by atoms with Crippen molar-refractivity contribution < 1.29 is 0 Å². The molecule has 1 unspecified atom stereocenters. The van der Waals surface area contributed by atoms with E-state index in [1.54, 1.807) is 0 Å². The van der Waals surface area contributed by atoms with Crippen LogP contribution in [0.2, 0.25) is 0 Å². The molecule has 18 heavy (non-hydrogen) atoms. The van der Waals surface area contributed by atoms with Gasteiger partial charge in [0.15, 0.2) is 0 Å². The summed E-state index contributed by atoms with van der Waals surface area (Å²) in [5.74, 6) is 0.829. The van der Waals surface area contributed by atoms with Crippen LogP contribution in [0.1, 0.15) is 26.7 Å². The molecule has 0 spiro atoms. The molecule has 1 rings (SSSR count). The Hall–Kier alpha value is -0.630. The van der Waals surface area contributed by atoms with Crippen LogP contribution in [0.25, 0.3) is 0 Å². The van der Waals surface area contributed by atoms with Gasteiger partial charge in [-0.05, 0) is 59.8 Å². The predicted molar refractivity (Wildman–Crippen MR) is 75.4 cm³/mol.